The molecular formula is C19H26FN3O2. The first-order valence-corrected chi connectivity index (χ1v) is 9.21. The van der Waals surface area contributed by atoms with E-state index in [1.54, 1.807) is 12.1 Å². The molecule has 3 N–H and O–H groups in total. The van der Waals surface area contributed by atoms with Crippen molar-refractivity contribution < 1.29 is 14.0 Å². The van der Waals surface area contributed by atoms with Gasteiger partial charge in [-0.25, -0.2) is 9.18 Å². The van der Waals surface area contributed by atoms with E-state index in [1.165, 1.54) is 12.1 Å². The lowest BCUT2D eigenvalue weighted by molar-refractivity contribution is -0.127. The Bertz CT molecular complexity index is 597. The van der Waals surface area contributed by atoms with E-state index in [2.05, 4.69) is 16.0 Å². The van der Waals surface area contributed by atoms with Gasteiger partial charge >= 0.3 is 6.03 Å². The molecule has 0 aliphatic heterocycles. The summed E-state index contributed by atoms with van der Waals surface area (Å²) in [7, 11) is 0. The molecule has 0 unspecified atom stereocenters. The maximum absolute atomic E-state index is 13.1. The zero-order valence-corrected chi connectivity index (χ0v) is 14.4. The number of nitrogens with one attached hydrogen (secondary N) is 3. The van der Waals surface area contributed by atoms with E-state index in [9.17, 15) is 14.0 Å². The Morgan fingerprint density at radius 2 is 1.72 bits per heavy atom. The molecule has 25 heavy (non-hydrogen) atoms. The molecule has 3 amide bonds. The van der Waals surface area contributed by atoms with Crippen molar-refractivity contribution in [3.63, 3.8) is 0 Å². The molecule has 136 valence electrons. The van der Waals surface area contributed by atoms with Gasteiger partial charge in [0.05, 0.1) is 6.04 Å². The molecule has 3 rings (SSSR count). The number of halogens is 1. The normalized spacial score (nSPS) is 18.1. The van der Waals surface area contributed by atoms with E-state index in [0.29, 0.717) is 25.4 Å². The van der Waals surface area contributed by atoms with Crippen molar-refractivity contribution in [2.24, 2.45) is 11.8 Å². The van der Waals surface area contributed by atoms with Gasteiger partial charge in [-0.3, -0.25) is 4.79 Å². The summed E-state index contributed by atoms with van der Waals surface area (Å²) in [6.07, 6.45) is 6.01. The third-order valence-electron chi connectivity index (χ3n) is 5.02. The first-order valence-electron chi connectivity index (χ1n) is 9.21. The Morgan fingerprint density at radius 1 is 1.04 bits per heavy atom. The molecule has 1 atom stereocenters. The molecule has 0 saturated heterocycles. The fourth-order valence-corrected chi connectivity index (χ4v) is 3.08. The molecule has 2 fully saturated rings. The summed E-state index contributed by atoms with van der Waals surface area (Å²) in [6.45, 7) is 1.09. The number of carbonyl (C=O) groups is 2. The minimum atomic E-state index is -0.272. The largest absolute Gasteiger partial charge is 0.356 e. The standard InChI is InChI=1S/C19H26FN3O2/c20-16-9-7-14(8-10-16)17(13-5-6-13)23-19(25)22-12-2-11-21-18(24)15-3-1-4-15/h7-10,13,15,17H,1-6,11-12H2,(H,21,24)(H2,22,23,25)/t17-/m1/s1. The third kappa shape index (κ3) is 5.18. The predicted molar refractivity (Wildman–Crippen MR) is 93.4 cm³/mol. The summed E-state index contributed by atoms with van der Waals surface area (Å²) in [5.74, 6) is 0.497. The highest BCUT2D eigenvalue weighted by Crippen LogP contribution is 2.40. The number of rotatable bonds is 8. The molecule has 2 aliphatic rings. The van der Waals surface area contributed by atoms with Gasteiger partial charge in [0.1, 0.15) is 5.82 Å². The molecular weight excluding hydrogens is 321 g/mol. The Balaban J connectivity index is 1.35. The molecule has 6 heteroatoms. The zero-order valence-electron chi connectivity index (χ0n) is 14.4. The topological polar surface area (TPSA) is 70.2 Å². The van der Waals surface area contributed by atoms with Gasteiger partial charge in [0.25, 0.3) is 0 Å². The maximum atomic E-state index is 13.1. The first-order chi connectivity index (χ1) is 12.1. The van der Waals surface area contributed by atoms with Crippen molar-refractivity contribution in [2.45, 2.75) is 44.6 Å². The van der Waals surface area contributed by atoms with E-state index in [4.69, 9.17) is 0 Å². The molecule has 2 saturated carbocycles. The molecule has 2 aliphatic carbocycles. The first kappa shape index (κ1) is 17.7. The monoisotopic (exact) mass is 347 g/mol. The Labute approximate surface area is 147 Å². The van der Waals surface area contributed by atoms with Gasteiger partial charge < -0.3 is 16.0 Å². The highest BCUT2D eigenvalue weighted by atomic mass is 19.1. The third-order valence-corrected chi connectivity index (χ3v) is 5.02. The number of amides is 3. The number of benzene rings is 1. The van der Waals surface area contributed by atoms with Crippen LogP contribution in [0.3, 0.4) is 0 Å². The van der Waals surface area contributed by atoms with Gasteiger partial charge in [0, 0.05) is 19.0 Å². The Kier molecular flexibility index (Phi) is 5.89. The van der Waals surface area contributed by atoms with Gasteiger partial charge in [-0.1, -0.05) is 18.6 Å². The summed E-state index contributed by atoms with van der Waals surface area (Å²) in [6, 6.07) is 6.03. The van der Waals surface area contributed by atoms with Crippen LogP contribution in [0.25, 0.3) is 0 Å². The van der Waals surface area contributed by atoms with Crippen LogP contribution in [0.2, 0.25) is 0 Å². The van der Waals surface area contributed by atoms with Crippen molar-refractivity contribution in [3.05, 3.63) is 35.6 Å². The Morgan fingerprint density at radius 3 is 2.32 bits per heavy atom. The quantitative estimate of drug-likeness (QED) is 0.633. The van der Waals surface area contributed by atoms with E-state index >= 15 is 0 Å². The second-order valence-electron chi connectivity index (χ2n) is 7.04. The minimum Gasteiger partial charge on any atom is -0.356 e. The van der Waals surface area contributed by atoms with Gasteiger partial charge in [-0.15, -0.1) is 0 Å². The summed E-state index contributed by atoms with van der Waals surface area (Å²) in [5, 5.41) is 8.74. The van der Waals surface area contributed by atoms with Crippen LogP contribution in [-0.2, 0) is 4.79 Å². The smallest absolute Gasteiger partial charge is 0.315 e. The van der Waals surface area contributed by atoms with Crippen molar-refractivity contribution in [3.8, 4) is 0 Å². The number of hydrogen-bond acceptors (Lipinski definition) is 2. The molecule has 0 bridgehead atoms. The van der Waals surface area contributed by atoms with Gasteiger partial charge in [-0.2, -0.15) is 0 Å². The van der Waals surface area contributed by atoms with Crippen molar-refractivity contribution in [1.82, 2.24) is 16.0 Å². The molecule has 1 aromatic rings. The van der Waals surface area contributed by atoms with Crippen molar-refractivity contribution >= 4 is 11.9 Å². The highest BCUT2D eigenvalue weighted by Gasteiger charge is 2.33. The van der Waals surface area contributed by atoms with E-state index in [-0.39, 0.29) is 29.7 Å². The fourth-order valence-electron chi connectivity index (χ4n) is 3.08. The summed E-state index contributed by atoms with van der Waals surface area (Å²) < 4.78 is 13.1. The number of carbonyl (C=O) groups excluding carboxylic acids is 2. The molecule has 1 aromatic carbocycles. The second-order valence-corrected chi connectivity index (χ2v) is 7.04. The molecule has 0 radical (unpaired) electrons. The number of urea groups is 1. The van der Waals surface area contributed by atoms with Crippen molar-refractivity contribution in [1.29, 1.82) is 0 Å². The summed E-state index contributed by atoms with van der Waals surface area (Å²) >= 11 is 0. The maximum Gasteiger partial charge on any atom is 0.315 e. The fraction of sp³-hybridized carbons (Fsp3) is 0.579. The van der Waals surface area contributed by atoms with Crippen molar-refractivity contribution in [2.75, 3.05) is 13.1 Å². The van der Waals surface area contributed by atoms with Crippen LogP contribution in [0.4, 0.5) is 9.18 Å². The van der Waals surface area contributed by atoms with Crippen LogP contribution >= 0.6 is 0 Å². The number of hydrogen-bond donors (Lipinski definition) is 3. The lowest BCUT2D eigenvalue weighted by Crippen LogP contribution is -2.40. The van der Waals surface area contributed by atoms with E-state index in [1.807, 2.05) is 0 Å². The Hall–Kier alpha value is -2.11. The molecule has 0 aromatic heterocycles. The highest BCUT2D eigenvalue weighted by molar-refractivity contribution is 5.79. The van der Waals surface area contributed by atoms with Crippen LogP contribution in [0.15, 0.2) is 24.3 Å². The second kappa shape index (κ2) is 8.32. The van der Waals surface area contributed by atoms with Crippen LogP contribution < -0.4 is 16.0 Å². The average Bonchev–Trinajstić information content (AvgIpc) is 3.36. The van der Waals surface area contributed by atoms with E-state index < -0.39 is 0 Å². The van der Waals surface area contributed by atoms with Crippen LogP contribution in [0.1, 0.15) is 50.1 Å². The lowest BCUT2D eigenvalue weighted by Gasteiger charge is -2.24. The lowest BCUT2D eigenvalue weighted by atomic mass is 9.85. The van der Waals surface area contributed by atoms with Gasteiger partial charge in [0.15, 0.2) is 0 Å². The molecule has 0 spiro atoms. The summed E-state index contributed by atoms with van der Waals surface area (Å²) in [4.78, 5) is 23.8. The molecule has 5 nitrogen and oxygen atoms in total. The van der Waals surface area contributed by atoms with Crippen LogP contribution in [0.5, 0.6) is 0 Å². The van der Waals surface area contributed by atoms with Gasteiger partial charge in [0.2, 0.25) is 5.91 Å². The summed E-state index contributed by atoms with van der Waals surface area (Å²) in [5.41, 5.74) is 0.937. The molecule has 0 heterocycles. The SMILES string of the molecule is O=C(NCCCNC(=O)C1CCC1)N[C@@H](c1ccc(F)cc1)C1CC1. The van der Waals surface area contributed by atoms with Gasteiger partial charge in [-0.05, 0) is 55.7 Å². The predicted octanol–water partition coefficient (Wildman–Crippen LogP) is 2.88. The average molecular weight is 347 g/mol. The zero-order chi connectivity index (χ0) is 17.6. The minimum absolute atomic E-state index is 0.0704. The van der Waals surface area contributed by atoms with Crippen LogP contribution in [-0.4, -0.2) is 25.0 Å². The van der Waals surface area contributed by atoms with Crippen LogP contribution in [0, 0.1) is 17.7 Å². The van der Waals surface area contributed by atoms with E-state index in [0.717, 1.165) is 37.7 Å².